The van der Waals surface area contributed by atoms with E-state index >= 15 is 0 Å². The van der Waals surface area contributed by atoms with Crippen LogP contribution in [0.4, 0.5) is 0 Å². The summed E-state index contributed by atoms with van der Waals surface area (Å²) in [5.41, 5.74) is 1.41. The van der Waals surface area contributed by atoms with E-state index in [1.165, 1.54) is 37.8 Å². The van der Waals surface area contributed by atoms with Gasteiger partial charge in [0.25, 0.3) is 0 Å². The van der Waals surface area contributed by atoms with Crippen molar-refractivity contribution in [2.24, 2.45) is 5.92 Å². The van der Waals surface area contributed by atoms with Crippen LogP contribution in [0.1, 0.15) is 24.8 Å². The van der Waals surface area contributed by atoms with Crippen molar-refractivity contribution in [3.63, 3.8) is 0 Å². The maximum Gasteiger partial charge on any atom is 0.133 e. The number of hydrogen-bond donors (Lipinski definition) is 1. The second-order valence-electron chi connectivity index (χ2n) is 5.14. The van der Waals surface area contributed by atoms with Crippen LogP contribution in [0.2, 0.25) is 0 Å². The largest absolute Gasteiger partial charge is 0.489 e. The molecular formula is C14H18BrNO. The quantitative estimate of drug-likeness (QED) is 0.921. The number of benzene rings is 1. The van der Waals surface area contributed by atoms with Crippen molar-refractivity contribution in [3.05, 3.63) is 28.2 Å². The first-order valence-electron chi connectivity index (χ1n) is 6.47. The summed E-state index contributed by atoms with van der Waals surface area (Å²) in [6, 6.07) is 6.54. The van der Waals surface area contributed by atoms with Crippen molar-refractivity contribution in [2.45, 2.75) is 31.8 Å². The lowest BCUT2D eigenvalue weighted by atomic mass is 9.99. The van der Waals surface area contributed by atoms with Gasteiger partial charge in [0.2, 0.25) is 0 Å². The first-order valence-corrected chi connectivity index (χ1v) is 7.26. The summed E-state index contributed by atoms with van der Waals surface area (Å²) in [5, 5.41) is 3.42. The molecule has 1 saturated heterocycles. The molecule has 0 radical (unpaired) electrons. The highest BCUT2D eigenvalue weighted by molar-refractivity contribution is 9.10. The Labute approximate surface area is 111 Å². The molecule has 92 valence electrons. The molecule has 0 bridgehead atoms. The molecule has 0 aromatic heterocycles. The summed E-state index contributed by atoms with van der Waals surface area (Å²) in [4.78, 5) is 0. The minimum atomic E-state index is 0.469. The van der Waals surface area contributed by atoms with Gasteiger partial charge >= 0.3 is 0 Å². The van der Waals surface area contributed by atoms with E-state index in [4.69, 9.17) is 4.74 Å². The first-order chi connectivity index (χ1) is 8.31. The van der Waals surface area contributed by atoms with Crippen molar-refractivity contribution in [2.75, 3.05) is 13.1 Å². The van der Waals surface area contributed by atoms with Gasteiger partial charge < -0.3 is 10.1 Å². The Bertz CT molecular complexity index is 397. The van der Waals surface area contributed by atoms with Crippen LogP contribution < -0.4 is 10.1 Å². The smallest absolute Gasteiger partial charge is 0.133 e. The van der Waals surface area contributed by atoms with E-state index in [9.17, 15) is 0 Å². The van der Waals surface area contributed by atoms with Gasteiger partial charge in [0.05, 0.1) is 10.6 Å². The molecule has 3 rings (SSSR count). The summed E-state index contributed by atoms with van der Waals surface area (Å²) in [7, 11) is 0. The molecule has 0 spiro atoms. The van der Waals surface area contributed by atoms with Crippen molar-refractivity contribution in [1.82, 2.24) is 5.32 Å². The number of rotatable bonds is 4. The molecule has 1 heterocycles. The van der Waals surface area contributed by atoms with Crippen molar-refractivity contribution in [3.8, 4) is 5.75 Å². The summed E-state index contributed by atoms with van der Waals surface area (Å²) >= 11 is 3.61. The van der Waals surface area contributed by atoms with Crippen LogP contribution in [0.5, 0.6) is 5.75 Å². The van der Waals surface area contributed by atoms with E-state index in [1.54, 1.807) is 0 Å². The molecule has 3 heteroatoms. The lowest BCUT2D eigenvalue weighted by Crippen LogP contribution is -2.10. The zero-order valence-corrected chi connectivity index (χ0v) is 11.5. The SMILES string of the molecule is Brc1cc(CC2CCNC2)ccc1OC1CC1. The molecule has 1 unspecified atom stereocenters. The first kappa shape index (κ1) is 11.5. The standard InChI is InChI=1S/C14H18BrNO/c15-13-8-10(7-11-5-6-16-9-11)1-4-14(13)17-12-2-3-12/h1,4,8,11-12,16H,2-3,5-7,9H2. The van der Waals surface area contributed by atoms with Crippen LogP contribution in [0.3, 0.4) is 0 Å². The van der Waals surface area contributed by atoms with Gasteiger partial charge in [0.15, 0.2) is 0 Å². The Morgan fingerprint density at radius 2 is 2.18 bits per heavy atom. The molecule has 1 aromatic rings. The molecule has 1 N–H and O–H groups in total. The molecular weight excluding hydrogens is 278 g/mol. The second-order valence-corrected chi connectivity index (χ2v) is 6.00. The summed E-state index contributed by atoms with van der Waals surface area (Å²) in [6.45, 7) is 2.34. The van der Waals surface area contributed by atoms with E-state index in [-0.39, 0.29) is 0 Å². The monoisotopic (exact) mass is 295 g/mol. The summed E-state index contributed by atoms with van der Waals surface area (Å²) in [5.74, 6) is 1.80. The summed E-state index contributed by atoms with van der Waals surface area (Å²) < 4.78 is 6.93. The number of hydrogen-bond acceptors (Lipinski definition) is 2. The normalized spacial score (nSPS) is 23.9. The van der Waals surface area contributed by atoms with Crippen LogP contribution >= 0.6 is 15.9 Å². The molecule has 1 aromatic carbocycles. The lowest BCUT2D eigenvalue weighted by Gasteiger charge is -2.11. The molecule has 2 fully saturated rings. The third kappa shape index (κ3) is 3.02. The van der Waals surface area contributed by atoms with Gasteiger partial charge in [-0.3, -0.25) is 0 Å². The molecule has 1 saturated carbocycles. The highest BCUT2D eigenvalue weighted by atomic mass is 79.9. The van der Waals surface area contributed by atoms with E-state index in [2.05, 4.69) is 39.4 Å². The Balaban J connectivity index is 1.66. The van der Waals surface area contributed by atoms with E-state index in [1.807, 2.05) is 0 Å². The van der Waals surface area contributed by atoms with Crippen molar-refractivity contribution < 1.29 is 4.74 Å². The van der Waals surface area contributed by atoms with Crippen LogP contribution in [0.15, 0.2) is 22.7 Å². The predicted octanol–water partition coefficient (Wildman–Crippen LogP) is 3.14. The Hall–Kier alpha value is -0.540. The molecule has 1 aliphatic carbocycles. The van der Waals surface area contributed by atoms with Gasteiger partial charge in [-0.05, 0) is 78.3 Å². The Kier molecular flexibility index (Phi) is 3.39. The Morgan fingerprint density at radius 1 is 1.29 bits per heavy atom. The Morgan fingerprint density at radius 3 is 2.82 bits per heavy atom. The molecule has 2 aliphatic rings. The molecule has 17 heavy (non-hydrogen) atoms. The van der Waals surface area contributed by atoms with Crippen LogP contribution in [-0.4, -0.2) is 19.2 Å². The fraction of sp³-hybridized carbons (Fsp3) is 0.571. The number of halogens is 1. The maximum absolute atomic E-state index is 5.82. The maximum atomic E-state index is 5.82. The topological polar surface area (TPSA) is 21.3 Å². The fourth-order valence-corrected chi connectivity index (χ4v) is 2.87. The highest BCUT2D eigenvalue weighted by Crippen LogP contribution is 2.33. The van der Waals surface area contributed by atoms with Gasteiger partial charge in [-0.25, -0.2) is 0 Å². The van der Waals surface area contributed by atoms with Crippen molar-refractivity contribution >= 4 is 15.9 Å². The molecule has 0 amide bonds. The van der Waals surface area contributed by atoms with Gasteiger partial charge in [-0.15, -0.1) is 0 Å². The molecule has 1 atom stereocenters. The van der Waals surface area contributed by atoms with Gasteiger partial charge in [0, 0.05) is 0 Å². The lowest BCUT2D eigenvalue weighted by molar-refractivity contribution is 0.301. The molecule has 2 nitrogen and oxygen atoms in total. The third-order valence-electron chi connectivity index (χ3n) is 3.50. The zero-order chi connectivity index (χ0) is 11.7. The van der Waals surface area contributed by atoms with Gasteiger partial charge in [-0.2, -0.15) is 0 Å². The van der Waals surface area contributed by atoms with Crippen LogP contribution in [0, 0.1) is 5.92 Å². The van der Waals surface area contributed by atoms with E-state index in [0.29, 0.717) is 6.10 Å². The second kappa shape index (κ2) is 4.99. The average Bonchev–Trinajstić information content (AvgIpc) is 2.98. The third-order valence-corrected chi connectivity index (χ3v) is 4.12. The van der Waals surface area contributed by atoms with Crippen LogP contribution in [-0.2, 0) is 6.42 Å². The average molecular weight is 296 g/mol. The number of nitrogens with one attached hydrogen (secondary N) is 1. The predicted molar refractivity (Wildman–Crippen MR) is 72.5 cm³/mol. The minimum absolute atomic E-state index is 0.469. The highest BCUT2D eigenvalue weighted by Gasteiger charge is 2.24. The van der Waals surface area contributed by atoms with Gasteiger partial charge in [0.1, 0.15) is 5.75 Å². The van der Waals surface area contributed by atoms with Crippen molar-refractivity contribution in [1.29, 1.82) is 0 Å². The van der Waals surface area contributed by atoms with E-state index < -0.39 is 0 Å². The van der Waals surface area contributed by atoms with Gasteiger partial charge in [-0.1, -0.05) is 6.07 Å². The molecule has 1 aliphatic heterocycles. The minimum Gasteiger partial charge on any atom is -0.489 e. The van der Waals surface area contributed by atoms with Crippen LogP contribution in [0.25, 0.3) is 0 Å². The zero-order valence-electron chi connectivity index (χ0n) is 9.92. The summed E-state index contributed by atoms with van der Waals surface area (Å²) in [6.07, 6.45) is 5.37. The fourth-order valence-electron chi connectivity index (χ4n) is 2.35. The van der Waals surface area contributed by atoms with E-state index in [0.717, 1.165) is 22.7 Å². The number of ether oxygens (including phenoxy) is 1.